The highest BCUT2D eigenvalue weighted by Gasteiger charge is 2.39. The first-order valence-corrected chi connectivity index (χ1v) is 16.6. The van der Waals surface area contributed by atoms with Crippen molar-refractivity contribution in [1.82, 2.24) is 18.7 Å². The van der Waals surface area contributed by atoms with Gasteiger partial charge >= 0.3 is 5.97 Å². The van der Waals surface area contributed by atoms with Crippen molar-refractivity contribution >= 4 is 27.0 Å². The minimum absolute atomic E-state index is 0.117. The van der Waals surface area contributed by atoms with Crippen molar-refractivity contribution in [3.63, 3.8) is 0 Å². The van der Waals surface area contributed by atoms with E-state index in [9.17, 15) is 13.2 Å². The van der Waals surface area contributed by atoms with Gasteiger partial charge in [0.1, 0.15) is 5.54 Å². The van der Waals surface area contributed by atoms with Crippen LogP contribution in [0.2, 0.25) is 0 Å². The minimum Gasteiger partial charge on any atom is -0.462 e. The van der Waals surface area contributed by atoms with Crippen LogP contribution in [0.5, 0.6) is 0 Å². The van der Waals surface area contributed by atoms with Crippen molar-refractivity contribution in [2.45, 2.75) is 17.4 Å². The van der Waals surface area contributed by atoms with E-state index < -0.39 is 21.5 Å². The van der Waals surface area contributed by atoms with E-state index >= 15 is 0 Å². The molecule has 232 valence electrons. The lowest BCUT2D eigenvalue weighted by atomic mass is 9.77. The molecular formula is C38H30N4O4S. The number of nitrogens with zero attached hydrogens (tertiary/aromatic N) is 4. The van der Waals surface area contributed by atoms with Crippen LogP contribution in [0.4, 0.5) is 0 Å². The third-order valence-corrected chi connectivity index (χ3v) is 9.90. The smallest absolute Gasteiger partial charge is 0.339 e. The quantitative estimate of drug-likeness (QED) is 0.123. The Morgan fingerprint density at radius 2 is 1.28 bits per heavy atom. The van der Waals surface area contributed by atoms with Gasteiger partial charge in [0, 0.05) is 35.1 Å². The molecule has 0 saturated carbocycles. The Morgan fingerprint density at radius 1 is 0.745 bits per heavy atom. The molecular weight excluding hydrogens is 609 g/mol. The Labute approximate surface area is 272 Å². The van der Waals surface area contributed by atoms with Gasteiger partial charge in [0.25, 0.3) is 10.0 Å². The number of carbonyl (C=O) groups is 1. The van der Waals surface area contributed by atoms with Gasteiger partial charge in [-0.3, -0.25) is 4.68 Å². The zero-order valence-corrected chi connectivity index (χ0v) is 26.3. The molecule has 0 saturated heterocycles. The van der Waals surface area contributed by atoms with Crippen LogP contribution in [0.15, 0.2) is 157 Å². The molecule has 0 unspecified atom stereocenters. The summed E-state index contributed by atoms with van der Waals surface area (Å²) in [6.45, 7) is 1.92. The van der Waals surface area contributed by atoms with Gasteiger partial charge in [0.15, 0.2) is 5.65 Å². The van der Waals surface area contributed by atoms with Crippen LogP contribution < -0.4 is 0 Å². The number of hydrogen-bond donors (Lipinski definition) is 0. The van der Waals surface area contributed by atoms with Crippen molar-refractivity contribution in [1.29, 1.82) is 0 Å². The van der Waals surface area contributed by atoms with E-state index in [1.54, 1.807) is 55.7 Å². The first kappa shape index (κ1) is 29.9. The predicted molar refractivity (Wildman–Crippen MR) is 181 cm³/mol. The van der Waals surface area contributed by atoms with Crippen LogP contribution in [0, 0.1) is 0 Å². The molecule has 0 aliphatic rings. The maximum Gasteiger partial charge on any atom is 0.339 e. The highest BCUT2D eigenvalue weighted by Crippen LogP contribution is 2.42. The number of aromatic nitrogens is 4. The molecule has 0 radical (unpaired) electrons. The molecule has 47 heavy (non-hydrogen) atoms. The highest BCUT2D eigenvalue weighted by molar-refractivity contribution is 7.90. The third kappa shape index (κ3) is 5.10. The van der Waals surface area contributed by atoms with E-state index in [1.807, 2.05) is 65.5 Å². The summed E-state index contributed by atoms with van der Waals surface area (Å²) in [4.78, 5) is 17.4. The number of esters is 1. The Bertz CT molecular complexity index is 2190. The van der Waals surface area contributed by atoms with Gasteiger partial charge in [-0.25, -0.2) is 22.2 Å². The van der Waals surface area contributed by atoms with E-state index in [-0.39, 0.29) is 22.7 Å². The summed E-state index contributed by atoms with van der Waals surface area (Å²) in [5.74, 6) is -0.543. The summed E-state index contributed by atoms with van der Waals surface area (Å²) in [6, 6.07) is 40.3. The van der Waals surface area contributed by atoms with Crippen molar-refractivity contribution in [3.05, 3.63) is 174 Å². The fraction of sp³-hybridized carbons (Fsp3) is 0.0789. The molecule has 0 fully saturated rings. The summed E-state index contributed by atoms with van der Waals surface area (Å²) in [6.07, 6.45) is 6.52. The second-order valence-corrected chi connectivity index (χ2v) is 12.8. The molecule has 8 nitrogen and oxygen atoms in total. The number of hydrogen-bond acceptors (Lipinski definition) is 6. The van der Waals surface area contributed by atoms with Crippen LogP contribution in [0.3, 0.4) is 0 Å². The molecule has 0 aliphatic heterocycles. The van der Waals surface area contributed by atoms with Gasteiger partial charge in [-0.2, -0.15) is 5.10 Å². The molecule has 3 aromatic heterocycles. The largest absolute Gasteiger partial charge is 0.462 e. The van der Waals surface area contributed by atoms with Crippen LogP contribution in [0.25, 0.3) is 22.2 Å². The Hall–Kier alpha value is -5.80. The topological polar surface area (TPSA) is 96.1 Å². The number of benzene rings is 4. The van der Waals surface area contributed by atoms with Gasteiger partial charge in [-0.05, 0) is 41.8 Å². The van der Waals surface area contributed by atoms with Gasteiger partial charge in [-0.15, -0.1) is 0 Å². The maximum absolute atomic E-state index is 13.9. The van der Waals surface area contributed by atoms with Crippen molar-refractivity contribution in [2.75, 3.05) is 6.61 Å². The van der Waals surface area contributed by atoms with E-state index in [2.05, 4.69) is 41.4 Å². The summed E-state index contributed by atoms with van der Waals surface area (Å²) in [5, 5.41) is 5.44. The number of pyridine rings is 1. The molecule has 4 aromatic carbocycles. The fourth-order valence-corrected chi connectivity index (χ4v) is 7.45. The summed E-state index contributed by atoms with van der Waals surface area (Å²) < 4.78 is 36.2. The van der Waals surface area contributed by atoms with E-state index in [1.165, 1.54) is 6.20 Å². The molecule has 0 spiro atoms. The average molecular weight is 639 g/mol. The zero-order valence-electron chi connectivity index (χ0n) is 25.5. The second-order valence-electron chi connectivity index (χ2n) is 11.0. The Kier molecular flexibility index (Phi) is 7.75. The molecule has 0 amide bonds. The lowest BCUT2D eigenvalue weighted by Gasteiger charge is -2.36. The lowest BCUT2D eigenvalue weighted by molar-refractivity contribution is 0.0526. The SMILES string of the molecule is CCOC(=O)c1cnc2c(c1)c(-c1cnn(C(c3ccccc3)(c3ccccc3)c3ccccc3)c1)cn2S(=O)(=O)c1ccccc1. The Morgan fingerprint density at radius 3 is 1.81 bits per heavy atom. The van der Waals surface area contributed by atoms with E-state index in [4.69, 9.17) is 9.84 Å². The summed E-state index contributed by atoms with van der Waals surface area (Å²) in [5.41, 5.74) is 3.71. The maximum atomic E-state index is 13.9. The van der Waals surface area contributed by atoms with Crippen LogP contribution in [-0.2, 0) is 20.3 Å². The van der Waals surface area contributed by atoms with Gasteiger partial charge in [-0.1, -0.05) is 109 Å². The molecule has 0 aliphatic carbocycles. The highest BCUT2D eigenvalue weighted by atomic mass is 32.2. The van der Waals surface area contributed by atoms with E-state index in [0.717, 1.165) is 20.7 Å². The molecule has 9 heteroatoms. The second kappa shape index (κ2) is 12.2. The predicted octanol–water partition coefficient (Wildman–Crippen LogP) is 7.15. The first-order chi connectivity index (χ1) is 22.9. The van der Waals surface area contributed by atoms with Crippen molar-refractivity contribution in [2.24, 2.45) is 0 Å². The standard InChI is InChI=1S/C38H30N4O4S/c1-2-46-37(43)28-23-34-35(27-41(36(34)39-24-28)47(44,45)33-21-13-6-14-22-33)29-25-40-42(26-29)38(30-15-7-3-8-16-30,31-17-9-4-10-18-31)32-19-11-5-12-20-32/h3-27H,2H2,1H3. The number of fused-ring (bicyclic) bond motifs is 1. The van der Waals surface area contributed by atoms with Crippen molar-refractivity contribution in [3.8, 4) is 11.1 Å². The van der Waals surface area contributed by atoms with Crippen LogP contribution >= 0.6 is 0 Å². The summed E-state index contributed by atoms with van der Waals surface area (Å²) in [7, 11) is -4.04. The van der Waals surface area contributed by atoms with Gasteiger partial charge < -0.3 is 4.74 Å². The fourth-order valence-electron chi connectivity index (χ4n) is 6.10. The van der Waals surface area contributed by atoms with Crippen LogP contribution in [-0.4, -0.2) is 39.7 Å². The number of rotatable bonds is 9. The molecule has 7 rings (SSSR count). The van der Waals surface area contributed by atoms with Crippen molar-refractivity contribution < 1.29 is 17.9 Å². The molecule has 7 aromatic rings. The molecule has 0 N–H and O–H groups in total. The molecule has 0 bridgehead atoms. The summed E-state index contributed by atoms with van der Waals surface area (Å²) >= 11 is 0. The van der Waals surface area contributed by atoms with Gasteiger partial charge in [0.05, 0.1) is 23.3 Å². The third-order valence-electron chi connectivity index (χ3n) is 8.24. The average Bonchev–Trinajstić information content (AvgIpc) is 3.76. The normalized spacial score (nSPS) is 11.9. The zero-order chi connectivity index (χ0) is 32.4. The first-order valence-electron chi connectivity index (χ1n) is 15.2. The van der Waals surface area contributed by atoms with E-state index in [0.29, 0.717) is 16.5 Å². The monoisotopic (exact) mass is 638 g/mol. The molecule has 3 heterocycles. The number of carbonyl (C=O) groups excluding carboxylic acids is 1. The Balaban J connectivity index is 1.49. The number of ether oxygens (including phenoxy) is 1. The van der Waals surface area contributed by atoms with Gasteiger partial charge in [0.2, 0.25) is 0 Å². The molecule has 0 atom stereocenters. The minimum atomic E-state index is -4.04. The van der Waals surface area contributed by atoms with Crippen LogP contribution in [0.1, 0.15) is 34.0 Å². The lowest BCUT2D eigenvalue weighted by Crippen LogP contribution is -2.38.